The van der Waals surface area contributed by atoms with E-state index in [4.69, 9.17) is 11.6 Å². The highest BCUT2D eigenvalue weighted by molar-refractivity contribution is 7.89. The van der Waals surface area contributed by atoms with Crippen LogP contribution in [0.2, 0.25) is 5.02 Å². The van der Waals surface area contributed by atoms with Crippen LogP contribution in [0.4, 0.5) is 5.69 Å². The smallest absolute Gasteiger partial charge is 0.263 e. The average molecular weight is 502 g/mol. The van der Waals surface area contributed by atoms with Gasteiger partial charge in [0.1, 0.15) is 0 Å². The van der Waals surface area contributed by atoms with E-state index in [-0.39, 0.29) is 29.6 Å². The molecule has 0 N–H and O–H groups in total. The molecule has 0 unspecified atom stereocenters. The number of anilines is 1. The molecule has 1 aliphatic heterocycles. The SMILES string of the molecule is CCN(Cc1ccccc1)C(=O)c1cn(C)nc1S(=O)(=O)N1CCN(c2ccccc2Cl)CC1. The van der Waals surface area contributed by atoms with E-state index in [9.17, 15) is 13.2 Å². The molecule has 1 fully saturated rings. The van der Waals surface area contributed by atoms with Crippen molar-refractivity contribution in [2.45, 2.75) is 18.5 Å². The Labute approximate surface area is 205 Å². The number of carbonyl (C=O) groups excluding carboxylic acids is 1. The van der Waals surface area contributed by atoms with Crippen LogP contribution in [0.3, 0.4) is 0 Å². The van der Waals surface area contributed by atoms with E-state index in [1.807, 2.05) is 61.5 Å². The number of hydrogen-bond donors (Lipinski definition) is 0. The van der Waals surface area contributed by atoms with E-state index >= 15 is 0 Å². The fraction of sp³-hybridized carbons (Fsp3) is 0.333. The molecule has 1 aliphatic rings. The number of amides is 1. The first-order valence-corrected chi connectivity index (χ1v) is 13.0. The summed E-state index contributed by atoms with van der Waals surface area (Å²) < 4.78 is 29.9. The Morgan fingerprint density at radius 1 is 1.03 bits per heavy atom. The molecule has 180 valence electrons. The zero-order chi connectivity index (χ0) is 24.3. The van der Waals surface area contributed by atoms with Crippen LogP contribution in [-0.2, 0) is 23.6 Å². The second-order valence-electron chi connectivity index (χ2n) is 8.17. The lowest BCUT2D eigenvalue weighted by molar-refractivity contribution is 0.0748. The number of aromatic nitrogens is 2. The molecule has 4 rings (SSSR count). The Morgan fingerprint density at radius 2 is 1.68 bits per heavy atom. The van der Waals surface area contributed by atoms with Gasteiger partial charge in [0, 0.05) is 52.5 Å². The molecule has 10 heteroatoms. The first-order chi connectivity index (χ1) is 16.3. The predicted octanol–water partition coefficient (Wildman–Crippen LogP) is 3.25. The maximum atomic E-state index is 13.5. The van der Waals surface area contributed by atoms with Crippen LogP contribution in [0.15, 0.2) is 65.8 Å². The fourth-order valence-corrected chi connectivity index (χ4v) is 5.90. The largest absolute Gasteiger partial charge is 0.368 e. The molecule has 0 atom stereocenters. The molecular formula is C24H28ClN5O3S. The minimum Gasteiger partial charge on any atom is -0.368 e. The number of halogens is 1. The molecular weight excluding hydrogens is 474 g/mol. The summed E-state index contributed by atoms with van der Waals surface area (Å²) in [5, 5.41) is 4.64. The van der Waals surface area contributed by atoms with Crippen molar-refractivity contribution < 1.29 is 13.2 Å². The van der Waals surface area contributed by atoms with E-state index < -0.39 is 10.0 Å². The van der Waals surface area contributed by atoms with Crippen molar-refractivity contribution in [1.82, 2.24) is 19.0 Å². The number of nitrogens with zero attached hydrogens (tertiary/aromatic N) is 5. The first-order valence-electron chi connectivity index (χ1n) is 11.2. The molecule has 3 aromatic rings. The normalized spacial score (nSPS) is 14.9. The van der Waals surface area contributed by atoms with Crippen LogP contribution in [0, 0.1) is 0 Å². The van der Waals surface area contributed by atoms with E-state index in [0.29, 0.717) is 31.2 Å². The third kappa shape index (κ3) is 4.96. The second kappa shape index (κ2) is 10.2. The molecule has 1 amide bonds. The number of rotatable bonds is 7. The van der Waals surface area contributed by atoms with Crippen LogP contribution >= 0.6 is 11.6 Å². The van der Waals surface area contributed by atoms with Crippen molar-refractivity contribution >= 4 is 33.2 Å². The summed E-state index contributed by atoms with van der Waals surface area (Å²) in [6.45, 7) is 4.25. The molecule has 0 radical (unpaired) electrons. The number of aryl methyl sites for hydroxylation is 1. The fourth-order valence-electron chi connectivity index (χ4n) is 4.11. The highest BCUT2D eigenvalue weighted by atomic mass is 35.5. The summed E-state index contributed by atoms with van der Waals surface area (Å²) in [7, 11) is -2.33. The summed E-state index contributed by atoms with van der Waals surface area (Å²) in [4.78, 5) is 17.1. The molecule has 2 heterocycles. The topological polar surface area (TPSA) is 78.8 Å². The minimum absolute atomic E-state index is 0.0915. The van der Waals surface area contributed by atoms with E-state index in [1.165, 1.54) is 15.2 Å². The van der Waals surface area contributed by atoms with Gasteiger partial charge in [-0.2, -0.15) is 9.40 Å². The first kappa shape index (κ1) is 24.3. The number of sulfonamides is 1. The van der Waals surface area contributed by atoms with Crippen molar-refractivity contribution in [3.05, 3.63) is 76.9 Å². The lowest BCUT2D eigenvalue weighted by atomic mass is 10.2. The summed E-state index contributed by atoms with van der Waals surface area (Å²) in [5.41, 5.74) is 1.95. The van der Waals surface area contributed by atoms with Gasteiger partial charge in [-0.1, -0.05) is 54.1 Å². The molecule has 8 nitrogen and oxygen atoms in total. The van der Waals surface area contributed by atoms with Crippen molar-refractivity contribution in [1.29, 1.82) is 0 Å². The van der Waals surface area contributed by atoms with Gasteiger partial charge in [0.25, 0.3) is 15.9 Å². The third-order valence-corrected chi connectivity index (χ3v) is 8.08. The van der Waals surface area contributed by atoms with Gasteiger partial charge >= 0.3 is 0 Å². The summed E-state index contributed by atoms with van der Waals surface area (Å²) in [6.07, 6.45) is 1.49. The molecule has 1 saturated heterocycles. The number of piperazine rings is 1. The van der Waals surface area contributed by atoms with Gasteiger partial charge in [-0.05, 0) is 24.6 Å². The van der Waals surface area contributed by atoms with Crippen LogP contribution < -0.4 is 4.90 Å². The van der Waals surface area contributed by atoms with Crippen molar-refractivity contribution in [2.24, 2.45) is 7.05 Å². The predicted molar refractivity (Wildman–Crippen MR) is 132 cm³/mol. The van der Waals surface area contributed by atoms with Gasteiger partial charge in [0.15, 0.2) is 0 Å². The standard InChI is InChI=1S/C24H28ClN5O3S/c1-3-28(17-19-9-5-4-6-10-19)24(31)20-18-27(2)26-23(20)34(32,33)30-15-13-29(14-16-30)22-12-8-7-11-21(22)25/h4-12,18H,3,13-17H2,1-2H3. The summed E-state index contributed by atoms with van der Waals surface area (Å²) in [6, 6.07) is 17.1. The van der Waals surface area contributed by atoms with Crippen LogP contribution in [-0.4, -0.2) is 66.0 Å². The Kier molecular flexibility index (Phi) is 7.25. The van der Waals surface area contributed by atoms with Crippen LogP contribution in [0.5, 0.6) is 0 Å². The highest BCUT2D eigenvalue weighted by Gasteiger charge is 2.35. The lowest BCUT2D eigenvalue weighted by Crippen LogP contribution is -2.49. The van der Waals surface area contributed by atoms with Crippen molar-refractivity contribution in [3.63, 3.8) is 0 Å². The monoisotopic (exact) mass is 501 g/mol. The Bertz CT molecular complexity index is 1250. The van der Waals surface area contributed by atoms with Crippen molar-refractivity contribution in [2.75, 3.05) is 37.6 Å². The van der Waals surface area contributed by atoms with Gasteiger partial charge in [-0.25, -0.2) is 8.42 Å². The summed E-state index contributed by atoms with van der Waals surface area (Å²) in [5.74, 6) is -0.354. The van der Waals surface area contributed by atoms with Crippen LogP contribution in [0.1, 0.15) is 22.8 Å². The Hall–Kier alpha value is -2.88. The Balaban J connectivity index is 1.54. The van der Waals surface area contributed by atoms with Gasteiger partial charge in [-0.15, -0.1) is 0 Å². The molecule has 34 heavy (non-hydrogen) atoms. The van der Waals surface area contributed by atoms with Crippen molar-refractivity contribution in [3.8, 4) is 0 Å². The minimum atomic E-state index is -3.95. The van der Waals surface area contributed by atoms with Gasteiger partial charge in [0.2, 0.25) is 5.03 Å². The second-order valence-corrected chi connectivity index (χ2v) is 10.4. The average Bonchev–Trinajstić information content (AvgIpc) is 3.26. The number of benzene rings is 2. The molecule has 1 aromatic heterocycles. The van der Waals surface area contributed by atoms with E-state index in [2.05, 4.69) is 10.00 Å². The van der Waals surface area contributed by atoms with Gasteiger partial charge in [-0.3, -0.25) is 9.48 Å². The maximum absolute atomic E-state index is 13.5. The number of para-hydroxylation sites is 1. The van der Waals surface area contributed by atoms with Crippen LogP contribution in [0.25, 0.3) is 0 Å². The quantitative estimate of drug-likeness (QED) is 0.496. The molecule has 0 bridgehead atoms. The van der Waals surface area contributed by atoms with Gasteiger partial charge in [0.05, 0.1) is 16.3 Å². The molecule has 0 spiro atoms. The molecule has 0 saturated carbocycles. The Morgan fingerprint density at radius 3 is 2.32 bits per heavy atom. The molecule has 2 aromatic carbocycles. The zero-order valence-corrected chi connectivity index (χ0v) is 20.8. The summed E-state index contributed by atoms with van der Waals surface area (Å²) >= 11 is 6.31. The van der Waals surface area contributed by atoms with E-state index in [0.717, 1.165) is 11.3 Å². The lowest BCUT2D eigenvalue weighted by Gasteiger charge is -2.35. The van der Waals surface area contributed by atoms with E-state index in [1.54, 1.807) is 11.9 Å². The third-order valence-electron chi connectivity index (χ3n) is 5.93. The molecule has 0 aliphatic carbocycles. The van der Waals surface area contributed by atoms with Gasteiger partial charge < -0.3 is 9.80 Å². The highest BCUT2D eigenvalue weighted by Crippen LogP contribution is 2.28. The maximum Gasteiger partial charge on any atom is 0.263 e. The number of carbonyl (C=O) groups is 1. The zero-order valence-electron chi connectivity index (χ0n) is 19.3. The number of hydrogen-bond acceptors (Lipinski definition) is 5.